The number of benzene rings is 1. The van der Waals surface area contributed by atoms with Crippen molar-refractivity contribution < 1.29 is 9.13 Å². The van der Waals surface area contributed by atoms with Crippen molar-refractivity contribution >= 4 is 0 Å². The first kappa shape index (κ1) is 16.4. The summed E-state index contributed by atoms with van der Waals surface area (Å²) in [6.07, 6.45) is 8.01. The van der Waals surface area contributed by atoms with E-state index in [1.165, 1.54) is 31.4 Å². The number of aromatic nitrogens is 3. The van der Waals surface area contributed by atoms with E-state index in [-0.39, 0.29) is 11.4 Å². The van der Waals surface area contributed by atoms with Crippen molar-refractivity contribution in [1.29, 1.82) is 0 Å². The fraction of sp³-hybridized carbons (Fsp3) is 0.600. The third-order valence-electron chi connectivity index (χ3n) is 6.28. The van der Waals surface area contributed by atoms with Gasteiger partial charge in [-0.05, 0) is 62.8 Å². The Morgan fingerprint density at radius 3 is 2.73 bits per heavy atom. The quantitative estimate of drug-likeness (QED) is 0.918. The molecule has 1 aliphatic carbocycles. The Hall–Kier alpha value is -1.79. The molecule has 0 bridgehead atoms. The van der Waals surface area contributed by atoms with Gasteiger partial charge in [-0.1, -0.05) is 0 Å². The van der Waals surface area contributed by atoms with Gasteiger partial charge in [0, 0.05) is 37.2 Å². The van der Waals surface area contributed by atoms with Crippen LogP contribution in [0.1, 0.15) is 44.3 Å². The molecule has 1 aromatic carbocycles. The predicted molar refractivity (Wildman–Crippen MR) is 96.2 cm³/mol. The maximum atomic E-state index is 13.2. The molecule has 6 heteroatoms. The van der Waals surface area contributed by atoms with Gasteiger partial charge in [0.2, 0.25) is 0 Å². The molecule has 1 saturated carbocycles. The highest BCUT2D eigenvalue weighted by Gasteiger charge is 2.43. The average molecular weight is 356 g/mol. The molecule has 1 N–H and O–H groups in total. The van der Waals surface area contributed by atoms with Gasteiger partial charge < -0.3 is 14.6 Å². The zero-order chi connectivity index (χ0) is 17.6. The topological polar surface area (TPSA) is 52.0 Å². The van der Waals surface area contributed by atoms with Gasteiger partial charge in [-0.2, -0.15) is 0 Å². The van der Waals surface area contributed by atoms with Crippen LogP contribution in [0.15, 0.2) is 24.3 Å². The molecule has 2 aliphatic heterocycles. The van der Waals surface area contributed by atoms with Crippen LogP contribution in [-0.4, -0.2) is 39.1 Å². The van der Waals surface area contributed by atoms with E-state index in [0.717, 1.165) is 56.0 Å². The van der Waals surface area contributed by atoms with E-state index in [1.54, 1.807) is 12.1 Å². The van der Waals surface area contributed by atoms with E-state index >= 15 is 0 Å². The molecule has 2 atom stereocenters. The summed E-state index contributed by atoms with van der Waals surface area (Å²) in [4.78, 5) is 0. The minimum atomic E-state index is -0.226. The zero-order valence-corrected chi connectivity index (χ0v) is 15.0. The van der Waals surface area contributed by atoms with Crippen molar-refractivity contribution in [3.05, 3.63) is 35.9 Å². The number of halogens is 1. The molecule has 26 heavy (non-hydrogen) atoms. The molecule has 3 aliphatic rings. The van der Waals surface area contributed by atoms with Crippen LogP contribution in [0.2, 0.25) is 0 Å². The van der Waals surface area contributed by atoms with E-state index < -0.39 is 0 Å². The fourth-order valence-corrected chi connectivity index (χ4v) is 4.70. The molecular weight excluding hydrogens is 331 g/mol. The van der Waals surface area contributed by atoms with Crippen LogP contribution in [0.25, 0.3) is 11.4 Å². The van der Waals surface area contributed by atoms with Gasteiger partial charge in [-0.15, -0.1) is 10.2 Å². The molecule has 2 aromatic rings. The van der Waals surface area contributed by atoms with Crippen LogP contribution < -0.4 is 5.32 Å². The van der Waals surface area contributed by atoms with Gasteiger partial charge in [-0.25, -0.2) is 4.39 Å². The molecule has 0 amide bonds. The number of aryl methyl sites for hydroxylation is 1. The second-order valence-electron chi connectivity index (χ2n) is 8.03. The number of hydrogen-bond acceptors (Lipinski definition) is 4. The summed E-state index contributed by atoms with van der Waals surface area (Å²) in [5.74, 6) is 1.65. The van der Waals surface area contributed by atoms with Gasteiger partial charge in [0.1, 0.15) is 11.6 Å². The van der Waals surface area contributed by atoms with Crippen LogP contribution in [0.4, 0.5) is 4.39 Å². The Morgan fingerprint density at radius 1 is 1.12 bits per heavy atom. The summed E-state index contributed by atoms with van der Waals surface area (Å²) in [7, 11) is 0. The van der Waals surface area contributed by atoms with E-state index in [1.807, 2.05) is 0 Å². The van der Waals surface area contributed by atoms with Crippen LogP contribution in [0.3, 0.4) is 0 Å². The van der Waals surface area contributed by atoms with Gasteiger partial charge in [-0.3, -0.25) is 0 Å². The first-order chi connectivity index (χ1) is 12.7. The smallest absolute Gasteiger partial charge is 0.164 e. The van der Waals surface area contributed by atoms with Gasteiger partial charge >= 0.3 is 0 Å². The van der Waals surface area contributed by atoms with Crippen LogP contribution >= 0.6 is 0 Å². The number of rotatable bonds is 3. The lowest BCUT2D eigenvalue weighted by Crippen LogP contribution is -2.53. The summed E-state index contributed by atoms with van der Waals surface area (Å²) in [5, 5.41) is 12.6. The summed E-state index contributed by atoms with van der Waals surface area (Å²) < 4.78 is 21.5. The molecule has 5 nitrogen and oxygen atoms in total. The highest BCUT2D eigenvalue weighted by molar-refractivity contribution is 5.55. The minimum Gasteiger partial charge on any atom is -0.375 e. The first-order valence-corrected chi connectivity index (χ1v) is 9.79. The second kappa shape index (κ2) is 6.43. The van der Waals surface area contributed by atoms with E-state index in [0.29, 0.717) is 12.1 Å². The zero-order valence-electron chi connectivity index (χ0n) is 15.0. The molecule has 2 unspecified atom stereocenters. The van der Waals surface area contributed by atoms with Crippen LogP contribution in [0.5, 0.6) is 0 Å². The Kier molecular flexibility index (Phi) is 4.05. The number of nitrogens with zero attached hydrogens (tertiary/aromatic N) is 3. The number of nitrogens with one attached hydrogen (secondary N) is 1. The Labute approximate surface area is 153 Å². The summed E-state index contributed by atoms with van der Waals surface area (Å²) in [5.41, 5.74) is 1.09. The predicted octanol–water partition coefficient (Wildman–Crippen LogP) is 3.09. The van der Waals surface area contributed by atoms with Crippen molar-refractivity contribution in [2.24, 2.45) is 0 Å². The van der Waals surface area contributed by atoms with Crippen molar-refractivity contribution in [2.45, 2.75) is 69.2 Å². The maximum absolute atomic E-state index is 13.2. The molecule has 2 fully saturated rings. The SMILES string of the molecule is Fc1ccc(-c2nnc3n2CC(NC2CCOC4(CCC4)C2)CC3)cc1. The average Bonchev–Trinajstić information content (AvgIpc) is 3.05. The molecule has 1 saturated heterocycles. The lowest BCUT2D eigenvalue weighted by atomic mass is 9.74. The fourth-order valence-electron chi connectivity index (χ4n) is 4.70. The lowest BCUT2D eigenvalue weighted by molar-refractivity contribution is -0.136. The molecule has 3 heterocycles. The van der Waals surface area contributed by atoms with Crippen molar-refractivity contribution in [3.8, 4) is 11.4 Å². The highest BCUT2D eigenvalue weighted by atomic mass is 19.1. The molecule has 1 spiro atoms. The first-order valence-electron chi connectivity index (χ1n) is 9.79. The number of fused-ring (bicyclic) bond motifs is 1. The van der Waals surface area contributed by atoms with E-state index in [2.05, 4.69) is 20.1 Å². The normalized spacial score (nSPS) is 27.1. The molecular formula is C20H25FN4O. The minimum absolute atomic E-state index is 0.172. The van der Waals surface area contributed by atoms with Crippen molar-refractivity contribution in [2.75, 3.05) is 6.61 Å². The molecule has 0 radical (unpaired) electrons. The second-order valence-corrected chi connectivity index (χ2v) is 8.03. The number of hydrogen-bond donors (Lipinski definition) is 1. The standard InChI is InChI=1S/C20H25FN4O/c21-15-4-2-14(3-5-15)19-24-23-18-7-6-17(13-25(18)19)22-16-8-11-26-20(12-16)9-1-10-20/h2-5,16-17,22H,1,6-13H2. The van der Waals surface area contributed by atoms with Gasteiger partial charge in [0.15, 0.2) is 5.82 Å². The molecule has 138 valence electrons. The van der Waals surface area contributed by atoms with Crippen molar-refractivity contribution in [1.82, 2.24) is 20.1 Å². The summed E-state index contributed by atoms with van der Waals surface area (Å²) in [6.45, 7) is 1.75. The van der Waals surface area contributed by atoms with Crippen molar-refractivity contribution in [3.63, 3.8) is 0 Å². The summed E-state index contributed by atoms with van der Waals surface area (Å²) in [6, 6.07) is 7.50. The number of ether oxygens (including phenoxy) is 1. The third-order valence-corrected chi connectivity index (χ3v) is 6.28. The Bertz CT molecular complexity index is 784. The Balaban J connectivity index is 1.30. The third kappa shape index (κ3) is 2.95. The highest BCUT2D eigenvalue weighted by Crippen LogP contribution is 2.42. The Morgan fingerprint density at radius 2 is 1.96 bits per heavy atom. The van der Waals surface area contributed by atoms with Gasteiger partial charge in [0.25, 0.3) is 0 Å². The van der Waals surface area contributed by atoms with Gasteiger partial charge in [0.05, 0.1) is 5.60 Å². The largest absolute Gasteiger partial charge is 0.375 e. The summed E-state index contributed by atoms with van der Waals surface area (Å²) >= 11 is 0. The van der Waals surface area contributed by atoms with Crippen LogP contribution in [0, 0.1) is 5.82 Å². The lowest BCUT2D eigenvalue weighted by Gasteiger charge is -2.48. The van der Waals surface area contributed by atoms with E-state index in [4.69, 9.17) is 4.74 Å². The molecule has 1 aromatic heterocycles. The maximum Gasteiger partial charge on any atom is 0.164 e. The molecule has 5 rings (SSSR count). The van der Waals surface area contributed by atoms with E-state index in [9.17, 15) is 4.39 Å². The van der Waals surface area contributed by atoms with Crippen LogP contribution in [-0.2, 0) is 17.7 Å². The monoisotopic (exact) mass is 356 g/mol.